The first-order valence-corrected chi connectivity index (χ1v) is 6.16. The number of hydrogen-bond donors (Lipinski definition) is 1. The summed E-state index contributed by atoms with van der Waals surface area (Å²) in [6, 6.07) is 4.53. The third-order valence-corrected chi connectivity index (χ3v) is 4.03. The summed E-state index contributed by atoms with van der Waals surface area (Å²) in [7, 11) is 1.70. The third kappa shape index (κ3) is 2.27. The van der Waals surface area contributed by atoms with E-state index in [1.165, 1.54) is 6.07 Å². The standard InChI is InChI=1S/C14H19F2NO/c1-14(2)11(7-12(14)18-3)17-8-9-5-4-6-10(15)13(9)16/h4-6,11-12,17H,7-8H2,1-3H3. The molecule has 1 aliphatic rings. The fraction of sp³-hybridized carbons (Fsp3) is 0.571. The lowest BCUT2D eigenvalue weighted by atomic mass is 9.64. The molecule has 1 N–H and O–H groups in total. The molecule has 0 aromatic heterocycles. The summed E-state index contributed by atoms with van der Waals surface area (Å²) < 4.78 is 31.9. The van der Waals surface area contributed by atoms with Crippen molar-refractivity contribution in [3.63, 3.8) is 0 Å². The van der Waals surface area contributed by atoms with E-state index >= 15 is 0 Å². The van der Waals surface area contributed by atoms with Crippen LogP contribution in [0.25, 0.3) is 0 Å². The number of ether oxygens (including phenoxy) is 1. The van der Waals surface area contributed by atoms with Crippen molar-refractivity contribution in [2.24, 2.45) is 5.41 Å². The molecule has 1 aliphatic carbocycles. The number of methoxy groups -OCH3 is 1. The van der Waals surface area contributed by atoms with Gasteiger partial charge >= 0.3 is 0 Å². The largest absolute Gasteiger partial charge is 0.381 e. The van der Waals surface area contributed by atoms with E-state index in [-0.39, 0.29) is 17.6 Å². The number of rotatable bonds is 4. The average Bonchev–Trinajstić information content (AvgIpc) is 2.33. The summed E-state index contributed by atoms with van der Waals surface area (Å²) in [5.41, 5.74) is 0.394. The van der Waals surface area contributed by atoms with Gasteiger partial charge in [-0.3, -0.25) is 0 Å². The summed E-state index contributed by atoms with van der Waals surface area (Å²) in [6.45, 7) is 4.57. The van der Waals surface area contributed by atoms with Crippen molar-refractivity contribution in [1.82, 2.24) is 5.32 Å². The van der Waals surface area contributed by atoms with Crippen LogP contribution in [0.5, 0.6) is 0 Å². The zero-order chi connectivity index (χ0) is 13.3. The molecule has 0 radical (unpaired) electrons. The highest BCUT2D eigenvalue weighted by Crippen LogP contribution is 2.42. The maximum atomic E-state index is 13.5. The monoisotopic (exact) mass is 255 g/mol. The third-order valence-electron chi connectivity index (χ3n) is 4.03. The van der Waals surface area contributed by atoms with Crippen molar-refractivity contribution >= 4 is 0 Å². The molecule has 1 fully saturated rings. The minimum absolute atomic E-state index is 0.0263. The highest BCUT2D eigenvalue weighted by atomic mass is 19.2. The van der Waals surface area contributed by atoms with E-state index in [2.05, 4.69) is 19.2 Å². The van der Waals surface area contributed by atoms with Crippen LogP contribution in [0.4, 0.5) is 8.78 Å². The Labute approximate surface area is 106 Å². The molecule has 1 aromatic carbocycles. The second-order valence-electron chi connectivity index (χ2n) is 5.43. The fourth-order valence-electron chi connectivity index (χ4n) is 2.55. The van der Waals surface area contributed by atoms with Crippen LogP contribution in [-0.2, 0) is 11.3 Å². The van der Waals surface area contributed by atoms with Crippen LogP contribution in [0.15, 0.2) is 18.2 Å². The average molecular weight is 255 g/mol. The second kappa shape index (κ2) is 4.94. The molecule has 1 aromatic rings. The van der Waals surface area contributed by atoms with Crippen molar-refractivity contribution in [3.05, 3.63) is 35.4 Å². The van der Waals surface area contributed by atoms with Crippen LogP contribution in [0.3, 0.4) is 0 Å². The summed E-state index contributed by atoms with van der Waals surface area (Å²) in [5.74, 6) is -1.55. The molecule has 0 aliphatic heterocycles. The van der Waals surface area contributed by atoms with Gasteiger partial charge in [0.25, 0.3) is 0 Å². The van der Waals surface area contributed by atoms with Gasteiger partial charge in [0.05, 0.1) is 6.10 Å². The SMILES string of the molecule is COC1CC(NCc2cccc(F)c2F)C1(C)C. The van der Waals surface area contributed by atoms with Gasteiger partial charge in [-0.05, 0) is 12.5 Å². The van der Waals surface area contributed by atoms with Crippen LogP contribution >= 0.6 is 0 Å². The molecule has 2 nitrogen and oxygen atoms in total. The Morgan fingerprint density at radius 2 is 2.11 bits per heavy atom. The summed E-state index contributed by atoms with van der Waals surface area (Å²) in [5, 5.41) is 3.27. The van der Waals surface area contributed by atoms with Crippen molar-refractivity contribution in [2.45, 2.75) is 39.0 Å². The zero-order valence-electron chi connectivity index (χ0n) is 11.0. The van der Waals surface area contributed by atoms with Crippen molar-refractivity contribution in [1.29, 1.82) is 0 Å². The predicted octanol–water partition coefficient (Wildman–Crippen LogP) is 2.87. The molecule has 0 saturated heterocycles. The lowest BCUT2D eigenvalue weighted by Crippen LogP contribution is -2.60. The quantitative estimate of drug-likeness (QED) is 0.893. The lowest BCUT2D eigenvalue weighted by molar-refractivity contribution is -0.0979. The molecule has 0 bridgehead atoms. The fourth-order valence-corrected chi connectivity index (χ4v) is 2.55. The van der Waals surface area contributed by atoms with Crippen LogP contribution in [0.1, 0.15) is 25.8 Å². The van der Waals surface area contributed by atoms with E-state index in [0.29, 0.717) is 12.1 Å². The van der Waals surface area contributed by atoms with E-state index in [1.807, 2.05) is 0 Å². The molecule has 0 heterocycles. The molecule has 2 atom stereocenters. The maximum Gasteiger partial charge on any atom is 0.163 e. The zero-order valence-corrected chi connectivity index (χ0v) is 11.0. The highest BCUT2D eigenvalue weighted by molar-refractivity contribution is 5.19. The molecule has 100 valence electrons. The van der Waals surface area contributed by atoms with Gasteiger partial charge in [-0.2, -0.15) is 0 Å². The Balaban J connectivity index is 1.95. The lowest BCUT2D eigenvalue weighted by Gasteiger charge is -2.51. The molecule has 2 rings (SSSR count). The first kappa shape index (κ1) is 13.4. The van der Waals surface area contributed by atoms with Gasteiger partial charge in [0.2, 0.25) is 0 Å². The van der Waals surface area contributed by atoms with E-state index in [1.54, 1.807) is 13.2 Å². The predicted molar refractivity (Wildman–Crippen MR) is 66.2 cm³/mol. The Morgan fingerprint density at radius 3 is 2.72 bits per heavy atom. The van der Waals surface area contributed by atoms with Crippen LogP contribution in [0, 0.1) is 17.0 Å². The molecule has 0 spiro atoms. The molecule has 0 amide bonds. The first-order chi connectivity index (χ1) is 8.46. The molecular formula is C14H19F2NO. The minimum atomic E-state index is -0.795. The molecule has 4 heteroatoms. The van der Waals surface area contributed by atoms with Gasteiger partial charge in [-0.25, -0.2) is 8.78 Å². The normalized spacial score (nSPS) is 25.8. The van der Waals surface area contributed by atoms with Crippen molar-refractivity contribution in [2.75, 3.05) is 7.11 Å². The number of halogens is 2. The Hall–Kier alpha value is -1.00. The van der Waals surface area contributed by atoms with E-state index in [0.717, 1.165) is 12.5 Å². The first-order valence-electron chi connectivity index (χ1n) is 6.16. The number of benzene rings is 1. The maximum absolute atomic E-state index is 13.5. The second-order valence-corrected chi connectivity index (χ2v) is 5.43. The minimum Gasteiger partial charge on any atom is -0.381 e. The Morgan fingerprint density at radius 1 is 1.39 bits per heavy atom. The van der Waals surface area contributed by atoms with Gasteiger partial charge in [0, 0.05) is 30.7 Å². The highest BCUT2D eigenvalue weighted by Gasteiger charge is 2.48. The van der Waals surface area contributed by atoms with Crippen molar-refractivity contribution in [3.8, 4) is 0 Å². The van der Waals surface area contributed by atoms with Gasteiger partial charge in [0.15, 0.2) is 11.6 Å². The Kier molecular flexibility index (Phi) is 3.69. The van der Waals surface area contributed by atoms with Crippen LogP contribution in [-0.4, -0.2) is 19.3 Å². The van der Waals surface area contributed by atoms with Crippen LogP contribution in [0.2, 0.25) is 0 Å². The van der Waals surface area contributed by atoms with Gasteiger partial charge in [-0.1, -0.05) is 26.0 Å². The molecular weight excluding hydrogens is 236 g/mol. The van der Waals surface area contributed by atoms with Gasteiger partial charge in [0.1, 0.15) is 0 Å². The van der Waals surface area contributed by atoms with Gasteiger partial charge in [-0.15, -0.1) is 0 Å². The smallest absolute Gasteiger partial charge is 0.163 e. The molecule has 18 heavy (non-hydrogen) atoms. The van der Waals surface area contributed by atoms with Crippen molar-refractivity contribution < 1.29 is 13.5 Å². The van der Waals surface area contributed by atoms with E-state index in [4.69, 9.17) is 4.74 Å². The van der Waals surface area contributed by atoms with E-state index in [9.17, 15) is 8.78 Å². The molecule has 1 saturated carbocycles. The summed E-state index contributed by atoms with van der Waals surface area (Å²) >= 11 is 0. The topological polar surface area (TPSA) is 21.3 Å². The summed E-state index contributed by atoms with van der Waals surface area (Å²) in [6.07, 6.45) is 1.13. The van der Waals surface area contributed by atoms with Crippen LogP contribution < -0.4 is 5.32 Å². The number of nitrogens with one attached hydrogen (secondary N) is 1. The van der Waals surface area contributed by atoms with E-state index < -0.39 is 11.6 Å². The van der Waals surface area contributed by atoms with Gasteiger partial charge < -0.3 is 10.1 Å². The molecule has 2 unspecified atom stereocenters. The summed E-state index contributed by atoms with van der Waals surface area (Å²) in [4.78, 5) is 0. The number of hydrogen-bond acceptors (Lipinski definition) is 2. The Bertz CT molecular complexity index is 434.